The molecule has 2 aromatic rings. The molecule has 2 unspecified atom stereocenters. The monoisotopic (exact) mass is 250 g/mol. The standard InChI is InChI=1S/C12H14N2O2S/c15-11(7-17)12(16)9-3-1-8(2-4-9)10-5-6-13-14-10/h1-6,11-12,15-17H,7H2,(H,13,14). The minimum atomic E-state index is -0.900. The summed E-state index contributed by atoms with van der Waals surface area (Å²) < 4.78 is 0. The fourth-order valence-electron chi connectivity index (χ4n) is 1.60. The van der Waals surface area contributed by atoms with Crippen LogP contribution in [0.3, 0.4) is 0 Å². The van der Waals surface area contributed by atoms with E-state index in [-0.39, 0.29) is 5.75 Å². The second-order valence-electron chi connectivity index (χ2n) is 3.79. The normalized spacial score (nSPS) is 14.5. The fourth-order valence-corrected chi connectivity index (χ4v) is 1.80. The molecule has 5 heteroatoms. The van der Waals surface area contributed by atoms with Crippen LogP contribution in [0, 0.1) is 0 Å². The first-order valence-corrected chi connectivity index (χ1v) is 5.92. The van der Waals surface area contributed by atoms with Gasteiger partial charge in [0.1, 0.15) is 6.10 Å². The van der Waals surface area contributed by atoms with E-state index in [1.54, 1.807) is 18.3 Å². The number of aliphatic hydroxyl groups is 2. The Bertz CT molecular complexity index is 456. The average Bonchev–Trinajstić information content (AvgIpc) is 2.91. The van der Waals surface area contributed by atoms with Crippen LogP contribution in [0.2, 0.25) is 0 Å². The first-order chi connectivity index (χ1) is 8.22. The molecule has 2 rings (SSSR count). The number of benzene rings is 1. The van der Waals surface area contributed by atoms with E-state index >= 15 is 0 Å². The van der Waals surface area contributed by atoms with Crippen LogP contribution in [0.25, 0.3) is 11.3 Å². The molecule has 0 amide bonds. The summed E-state index contributed by atoms with van der Waals surface area (Å²) in [6.07, 6.45) is -0.0670. The van der Waals surface area contributed by atoms with E-state index in [9.17, 15) is 10.2 Å². The van der Waals surface area contributed by atoms with Crippen LogP contribution >= 0.6 is 12.6 Å². The van der Waals surface area contributed by atoms with E-state index in [2.05, 4.69) is 22.8 Å². The predicted molar refractivity (Wildman–Crippen MR) is 68.8 cm³/mol. The minimum absolute atomic E-state index is 0.226. The van der Waals surface area contributed by atoms with Crippen molar-refractivity contribution in [2.24, 2.45) is 0 Å². The zero-order valence-electron chi connectivity index (χ0n) is 9.11. The van der Waals surface area contributed by atoms with E-state index in [1.165, 1.54) is 0 Å². The summed E-state index contributed by atoms with van der Waals surface area (Å²) in [5.41, 5.74) is 2.58. The number of aliphatic hydroxyl groups excluding tert-OH is 2. The van der Waals surface area contributed by atoms with Crippen molar-refractivity contribution in [2.75, 3.05) is 5.75 Å². The van der Waals surface area contributed by atoms with Crippen LogP contribution in [0.15, 0.2) is 36.5 Å². The van der Waals surface area contributed by atoms with E-state index in [0.29, 0.717) is 5.56 Å². The van der Waals surface area contributed by atoms with Crippen LogP contribution in [0.4, 0.5) is 0 Å². The van der Waals surface area contributed by atoms with Crippen LogP contribution < -0.4 is 0 Å². The lowest BCUT2D eigenvalue weighted by molar-refractivity contribution is 0.0338. The molecular formula is C12H14N2O2S. The molecule has 0 fully saturated rings. The zero-order valence-corrected chi connectivity index (χ0v) is 10.0. The van der Waals surface area contributed by atoms with Gasteiger partial charge in [-0.25, -0.2) is 0 Å². The van der Waals surface area contributed by atoms with Crippen molar-refractivity contribution in [1.29, 1.82) is 0 Å². The predicted octanol–water partition coefficient (Wildman–Crippen LogP) is 1.40. The number of aromatic amines is 1. The topological polar surface area (TPSA) is 69.1 Å². The third kappa shape index (κ3) is 2.69. The molecule has 0 radical (unpaired) electrons. The minimum Gasteiger partial charge on any atom is -0.389 e. The van der Waals surface area contributed by atoms with Crippen molar-refractivity contribution in [3.05, 3.63) is 42.1 Å². The van der Waals surface area contributed by atoms with Gasteiger partial charge < -0.3 is 10.2 Å². The highest BCUT2D eigenvalue weighted by atomic mass is 32.1. The van der Waals surface area contributed by atoms with Gasteiger partial charge in [-0.15, -0.1) is 0 Å². The maximum atomic E-state index is 9.79. The SMILES string of the molecule is OC(CS)C(O)c1ccc(-c2ccn[nH]2)cc1. The molecular weight excluding hydrogens is 236 g/mol. The van der Waals surface area contributed by atoms with E-state index in [1.807, 2.05) is 18.2 Å². The quantitative estimate of drug-likeness (QED) is 0.620. The zero-order chi connectivity index (χ0) is 12.3. The van der Waals surface area contributed by atoms with Crippen LogP contribution in [0.5, 0.6) is 0 Å². The van der Waals surface area contributed by atoms with Gasteiger partial charge in [0.05, 0.1) is 11.8 Å². The molecule has 1 aromatic heterocycles. The Morgan fingerprint density at radius 2 is 1.88 bits per heavy atom. The number of hydrogen-bond acceptors (Lipinski definition) is 4. The summed E-state index contributed by atoms with van der Waals surface area (Å²) in [6, 6.07) is 9.18. The van der Waals surface area contributed by atoms with Gasteiger partial charge in [0.25, 0.3) is 0 Å². The molecule has 0 bridgehead atoms. The molecule has 0 aliphatic carbocycles. The first kappa shape index (κ1) is 12.2. The molecule has 3 N–H and O–H groups in total. The van der Waals surface area contributed by atoms with Gasteiger partial charge in [-0.3, -0.25) is 5.10 Å². The number of rotatable bonds is 4. The van der Waals surface area contributed by atoms with Gasteiger partial charge in [-0.1, -0.05) is 24.3 Å². The Morgan fingerprint density at radius 3 is 2.41 bits per heavy atom. The highest BCUT2D eigenvalue weighted by Gasteiger charge is 2.16. The third-order valence-corrected chi connectivity index (χ3v) is 2.99. The molecule has 1 heterocycles. The van der Waals surface area contributed by atoms with Gasteiger partial charge >= 0.3 is 0 Å². The highest BCUT2D eigenvalue weighted by molar-refractivity contribution is 7.80. The van der Waals surface area contributed by atoms with Gasteiger partial charge in [0.2, 0.25) is 0 Å². The molecule has 1 aromatic carbocycles. The lowest BCUT2D eigenvalue weighted by Gasteiger charge is -2.16. The Labute approximate surface area is 105 Å². The smallest absolute Gasteiger partial charge is 0.106 e. The summed E-state index contributed by atoms with van der Waals surface area (Å²) in [4.78, 5) is 0. The summed E-state index contributed by atoms with van der Waals surface area (Å²) in [5, 5.41) is 26.0. The number of nitrogens with one attached hydrogen (secondary N) is 1. The van der Waals surface area contributed by atoms with Crippen molar-refractivity contribution in [3.8, 4) is 11.3 Å². The van der Waals surface area contributed by atoms with Crippen LogP contribution in [-0.2, 0) is 0 Å². The van der Waals surface area contributed by atoms with Crippen molar-refractivity contribution in [2.45, 2.75) is 12.2 Å². The van der Waals surface area contributed by atoms with E-state index in [0.717, 1.165) is 11.3 Å². The number of nitrogens with zero attached hydrogens (tertiary/aromatic N) is 1. The lowest BCUT2D eigenvalue weighted by Crippen LogP contribution is -2.19. The maximum Gasteiger partial charge on any atom is 0.106 e. The third-order valence-electron chi connectivity index (χ3n) is 2.62. The van der Waals surface area contributed by atoms with Gasteiger partial charge in [0, 0.05) is 11.9 Å². The largest absolute Gasteiger partial charge is 0.389 e. The molecule has 17 heavy (non-hydrogen) atoms. The summed E-state index contributed by atoms with van der Waals surface area (Å²) >= 11 is 3.95. The Balaban J connectivity index is 2.18. The summed E-state index contributed by atoms with van der Waals surface area (Å²) in [5.74, 6) is 0.226. The number of hydrogen-bond donors (Lipinski definition) is 4. The number of H-pyrrole nitrogens is 1. The molecule has 0 aliphatic rings. The van der Waals surface area contributed by atoms with Crippen LogP contribution in [-0.4, -0.2) is 32.3 Å². The lowest BCUT2D eigenvalue weighted by atomic mass is 10.0. The Kier molecular flexibility index (Phi) is 3.83. The average molecular weight is 250 g/mol. The molecule has 90 valence electrons. The Hall–Kier alpha value is -1.30. The van der Waals surface area contributed by atoms with Crippen molar-refractivity contribution < 1.29 is 10.2 Å². The maximum absolute atomic E-state index is 9.79. The first-order valence-electron chi connectivity index (χ1n) is 5.29. The second kappa shape index (κ2) is 5.35. The van der Waals surface area contributed by atoms with Gasteiger partial charge in [0.15, 0.2) is 0 Å². The fraction of sp³-hybridized carbons (Fsp3) is 0.250. The number of aromatic nitrogens is 2. The molecule has 0 saturated carbocycles. The summed E-state index contributed by atoms with van der Waals surface area (Å²) in [6.45, 7) is 0. The van der Waals surface area contributed by atoms with Crippen molar-refractivity contribution in [1.82, 2.24) is 10.2 Å². The molecule has 0 spiro atoms. The van der Waals surface area contributed by atoms with Gasteiger partial charge in [-0.2, -0.15) is 17.7 Å². The van der Waals surface area contributed by atoms with Crippen molar-refractivity contribution >= 4 is 12.6 Å². The molecule has 4 nitrogen and oxygen atoms in total. The summed E-state index contributed by atoms with van der Waals surface area (Å²) in [7, 11) is 0. The van der Waals surface area contributed by atoms with Crippen molar-refractivity contribution in [3.63, 3.8) is 0 Å². The number of thiol groups is 1. The van der Waals surface area contributed by atoms with E-state index < -0.39 is 12.2 Å². The van der Waals surface area contributed by atoms with Gasteiger partial charge in [-0.05, 0) is 17.2 Å². The second-order valence-corrected chi connectivity index (χ2v) is 4.15. The molecule has 2 atom stereocenters. The highest BCUT2D eigenvalue weighted by Crippen LogP contribution is 2.22. The molecule has 0 aliphatic heterocycles. The molecule has 0 saturated heterocycles. The van der Waals surface area contributed by atoms with Crippen LogP contribution in [0.1, 0.15) is 11.7 Å². The Morgan fingerprint density at radius 1 is 1.18 bits per heavy atom. The van der Waals surface area contributed by atoms with E-state index in [4.69, 9.17) is 0 Å².